The molecule has 3 nitrogen and oxygen atoms in total. The van der Waals surface area contributed by atoms with Crippen LogP contribution in [0.15, 0.2) is 18.3 Å². The second-order valence-electron chi connectivity index (χ2n) is 2.03. The second kappa shape index (κ2) is 2.93. The maximum atomic E-state index is 10.5. The van der Waals surface area contributed by atoms with Gasteiger partial charge < -0.3 is 9.67 Å². The van der Waals surface area contributed by atoms with Crippen molar-refractivity contribution in [3.05, 3.63) is 24.0 Å². The molecule has 0 spiro atoms. The van der Waals surface area contributed by atoms with Gasteiger partial charge in [0.15, 0.2) is 0 Å². The Bertz CT molecular complexity index is 306. The number of terminal acetylenes is 1. The lowest BCUT2D eigenvalue weighted by Gasteiger charge is -1.98. The van der Waals surface area contributed by atoms with Crippen LogP contribution in [0.5, 0.6) is 0 Å². The number of hydrogen-bond acceptors (Lipinski definition) is 1. The lowest BCUT2D eigenvalue weighted by Crippen LogP contribution is -2.06. The zero-order valence-electron chi connectivity index (χ0n) is 5.82. The van der Waals surface area contributed by atoms with Crippen LogP contribution < -0.4 is 0 Å². The van der Waals surface area contributed by atoms with Gasteiger partial charge in [-0.3, -0.25) is 0 Å². The van der Waals surface area contributed by atoms with Crippen molar-refractivity contribution in [1.82, 2.24) is 4.57 Å². The SMILES string of the molecule is C#CCn1cccc1C(=O)O. The molecule has 0 bridgehead atoms. The van der Waals surface area contributed by atoms with Crippen LogP contribution in [0.4, 0.5) is 0 Å². The molecule has 1 N–H and O–H groups in total. The lowest BCUT2D eigenvalue weighted by molar-refractivity contribution is 0.0686. The van der Waals surface area contributed by atoms with Crippen molar-refractivity contribution in [3.8, 4) is 12.3 Å². The lowest BCUT2D eigenvalue weighted by atomic mass is 10.4. The Balaban J connectivity index is 2.98. The highest BCUT2D eigenvalue weighted by Crippen LogP contribution is 2.00. The number of hydrogen-bond donors (Lipinski definition) is 1. The van der Waals surface area contributed by atoms with Crippen molar-refractivity contribution < 1.29 is 9.90 Å². The Kier molecular flexibility index (Phi) is 1.98. The van der Waals surface area contributed by atoms with Gasteiger partial charge in [-0.25, -0.2) is 4.79 Å². The maximum Gasteiger partial charge on any atom is 0.352 e. The van der Waals surface area contributed by atoms with Gasteiger partial charge in [0.05, 0.1) is 6.54 Å². The van der Waals surface area contributed by atoms with E-state index in [0.29, 0.717) is 6.54 Å². The number of carbonyl (C=O) groups is 1. The number of nitrogens with zero attached hydrogens (tertiary/aromatic N) is 1. The fourth-order valence-electron chi connectivity index (χ4n) is 0.844. The molecule has 1 rings (SSSR count). The Hall–Kier alpha value is -1.69. The van der Waals surface area contributed by atoms with E-state index in [-0.39, 0.29) is 5.69 Å². The molecule has 0 aliphatic heterocycles. The Labute approximate surface area is 64.3 Å². The average molecular weight is 149 g/mol. The van der Waals surface area contributed by atoms with E-state index in [9.17, 15) is 4.79 Å². The van der Waals surface area contributed by atoms with Crippen molar-refractivity contribution >= 4 is 5.97 Å². The minimum Gasteiger partial charge on any atom is -0.477 e. The van der Waals surface area contributed by atoms with E-state index in [1.807, 2.05) is 0 Å². The highest BCUT2D eigenvalue weighted by Gasteiger charge is 2.06. The Morgan fingerprint density at radius 1 is 1.82 bits per heavy atom. The van der Waals surface area contributed by atoms with Gasteiger partial charge >= 0.3 is 5.97 Å². The van der Waals surface area contributed by atoms with Crippen LogP contribution in [-0.4, -0.2) is 15.6 Å². The third-order valence-electron chi connectivity index (χ3n) is 1.31. The number of rotatable bonds is 2. The quantitative estimate of drug-likeness (QED) is 0.632. The van der Waals surface area contributed by atoms with E-state index < -0.39 is 5.97 Å². The molecule has 0 saturated heterocycles. The van der Waals surface area contributed by atoms with Gasteiger partial charge in [-0.2, -0.15) is 0 Å². The highest BCUT2D eigenvalue weighted by molar-refractivity contribution is 5.85. The summed E-state index contributed by atoms with van der Waals surface area (Å²) in [6.45, 7) is 0.300. The van der Waals surface area contributed by atoms with Gasteiger partial charge in [-0.05, 0) is 12.1 Å². The molecule has 0 atom stereocenters. The predicted molar refractivity (Wildman–Crippen MR) is 40.2 cm³/mol. The maximum absolute atomic E-state index is 10.5. The summed E-state index contributed by atoms with van der Waals surface area (Å²) in [7, 11) is 0. The second-order valence-corrected chi connectivity index (χ2v) is 2.03. The first-order chi connectivity index (χ1) is 5.25. The van der Waals surface area contributed by atoms with Gasteiger partial charge in [-0.1, -0.05) is 5.92 Å². The van der Waals surface area contributed by atoms with Gasteiger partial charge in [0.25, 0.3) is 0 Å². The number of aromatic carboxylic acids is 1. The summed E-state index contributed by atoms with van der Waals surface area (Å²) in [6, 6.07) is 3.17. The van der Waals surface area contributed by atoms with E-state index in [2.05, 4.69) is 5.92 Å². The molecule has 1 heterocycles. The molecule has 1 aromatic heterocycles. The van der Waals surface area contributed by atoms with Crippen LogP contribution in [0.25, 0.3) is 0 Å². The normalized spacial score (nSPS) is 9.00. The molecule has 0 radical (unpaired) electrons. The van der Waals surface area contributed by atoms with Crippen LogP contribution >= 0.6 is 0 Å². The first kappa shape index (κ1) is 7.42. The fourth-order valence-corrected chi connectivity index (χ4v) is 0.844. The van der Waals surface area contributed by atoms with Crippen molar-refractivity contribution in [1.29, 1.82) is 0 Å². The first-order valence-electron chi connectivity index (χ1n) is 3.07. The zero-order valence-corrected chi connectivity index (χ0v) is 5.82. The van der Waals surface area contributed by atoms with Gasteiger partial charge in [0, 0.05) is 6.20 Å². The van der Waals surface area contributed by atoms with Crippen molar-refractivity contribution in [2.45, 2.75) is 6.54 Å². The largest absolute Gasteiger partial charge is 0.477 e. The van der Waals surface area contributed by atoms with Crippen LogP contribution in [0.1, 0.15) is 10.5 Å². The van der Waals surface area contributed by atoms with E-state index in [1.54, 1.807) is 12.3 Å². The molecule has 0 amide bonds. The minimum atomic E-state index is -0.953. The van der Waals surface area contributed by atoms with Gasteiger partial charge in [0.1, 0.15) is 5.69 Å². The molecular weight excluding hydrogens is 142 g/mol. The molecule has 0 fully saturated rings. The highest BCUT2D eigenvalue weighted by atomic mass is 16.4. The van der Waals surface area contributed by atoms with E-state index in [0.717, 1.165) is 0 Å². The molecule has 3 heteroatoms. The summed E-state index contributed by atoms with van der Waals surface area (Å²) in [6.07, 6.45) is 6.67. The monoisotopic (exact) mass is 149 g/mol. The summed E-state index contributed by atoms with van der Waals surface area (Å²) in [4.78, 5) is 10.5. The smallest absolute Gasteiger partial charge is 0.352 e. The number of carboxylic acid groups (broad SMARTS) is 1. The van der Waals surface area contributed by atoms with E-state index in [4.69, 9.17) is 11.5 Å². The van der Waals surface area contributed by atoms with Gasteiger partial charge in [-0.15, -0.1) is 6.42 Å². The third-order valence-corrected chi connectivity index (χ3v) is 1.31. The third kappa shape index (κ3) is 1.41. The van der Waals surface area contributed by atoms with Gasteiger partial charge in [0.2, 0.25) is 0 Å². The van der Waals surface area contributed by atoms with Crippen molar-refractivity contribution in [2.75, 3.05) is 0 Å². The van der Waals surface area contributed by atoms with Crippen LogP contribution in [0.2, 0.25) is 0 Å². The van der Waals surface area contributed by atoms with Crippen LogP contribution in [-0.2, 0) is 6.54 Å². The topological polar surface area (TPSA) is 42.2 Å². The van der Waals surface area contributed by atoms with Crippen molar-refractivity contribution in [3.63, 3.8) is 0 Å². The molecule has 56 valence electrons. The minimum absolute atomic E-state index is 0.225. The molecule has 0 aliphatic rings. The summed E-state index contributed by atoms with van der Waals surface area (Å²) >= 11 is 0. The van der Waals surface area contributed by atoms with E-state index in [1.165, 1.54) is 10.6 Å². The molecule has 0 aliphatic carbocycles. The molecule has 0 aromatic carbocycles. The Morgan fingerprint density at radius 3 is 3.09 bits per heavy atom. The predicted octanol–water partition coefficient (Wildman–Crippen LogP) is 0.819. The molecule has 11 heavy (non-hydrogen) atoms. The van der Waals surface area contributed by atoms with Crippen LogP contribution in [0, 0.1) is 12.3 Å². The molecule has 0 saturated carbocycles. The van der Waals surface area contributed by atoms with Crippen molar-refractivity contribution in [2.24, 2.45) is 0 Å². The number of carboxylic acids is 1. The molecular formula is C8H7NO2. The summed E-state index contributed by atoms with van der Waals surface area (Å²) in [5.41, 5.74) is 0.225. The summed E-state index contributed by atoms with van der Waals surface area (Å²) < 4.78 is 1.50. The first-order valence-corrected chi connectivity index (χ1v) is 3.07. The summed E-state index contributed by atoms with van der Waals surface area (Å²) in [5, 5.41) is 8.59. The summed E-state index contributed by atoms with van der Waals surface area (Å²) in [5.74, 6) is 1.41. The van der Waals surface area contributed by atoms with Crippen LogP contribution in [0.3, 0.4) is 0 Å². The molecule has 0 unspecified atom stereocenters. The average Bonchev–Trinajstić information content (AvgIpc) is 2.36. The number of aromatic nitrogens is 1. The Morgan fingerprint density at radius 2 is 2.55 bits per heavy atom. The standard InChI is InChI=1S/C8H7NO2/c1-2-5-9-6-3-4-7(9)8(10)11/h1,3-4,6H,5H2,(H,10,11). The molecule has 1 aromatic rings. The fraction of sp³-hybridized carbons (Fsp3) is 0.125. The zero-order chi connectivity index (χ0) is 8.27. The van der Waals surface area contributed by atoms with E-state index >= 15 is 0 Å².